The molecule has 0 atom stereocenters. The molecule has 3 rings (SSSR count). The number of aromatic hydroxyl groups is 2. The Kier molecular flexibility index (Phi) is 4.27. The van der Waals surface area contributed by atoms with E-state index >= 15 is 0 Å². The van der Waals surface area contributed by atoms with Gasteiger partial charge in [-0.25, -0.2) is 0 Å². The molecule has 3 aromatic rings. The monoisotopic (exact) mass is 342 g/mol. The summed E-state index contributed by atoms with van der Waals surface area (Å²) in [6, 6.07) is 14.5. The van der Waals surface area contributed by atoms with E-state index < -0.39 is 0 Å². The molecule has 0 bridgehead atoms. The van der Waals surface area contributed by atoms with Crippen LogP contribution in [-0.2, 0) is 0 Å². The van der Waals surface area contributed by atoms with Crippen LogP contribution in [-0.4, -0.2) is 21.0 Å². The van der Waals surface area contributed by atoms with Crippen LogP contribution in [0.1, 0.15) is 10.4 Å². The number of thiazole rings is 1. The maximum absolute atomic E-state index is 10.4. The molecule has 2 aromatic carbocycles. The fourth-order valence-corrected chi connectivity index (χ4v) is 3.31. The van der Waals surface area contributed by atoms with Crippen molar-refractivity contribution in [3.63, 3.8) is 0 Å². The summed E-state index contributed by atoms with van der Waals surface area (Å²) in [4.78, 5) is 4.76. The van der Waals surface area contributed by atoms with Crippen molar-refractivity contribution in [3.05, 3.63) is 62.9 Å². The summed E-state index contributed by atoms with van der Waals surface area (Å²) in [5, 5.41) is 20.2. The predicted molar refractivity (Wildman–Crippen MR) is 96.2 cm³/mol. The zero-order chi connectivity index (χ0) is 16.4. The first-order chi connectivity index (χ1) is 11.1. The Balaban J connectivity index is 2.00. The number of aromatic nitrogens is 1. The molecule has 23 heavy (non-hydrogen) atoms. The first-order valence-electron chi connectivity index (χ1n) is 6.90. The minimum Gasteiger partial charge on any atom is -0.506 e. The quantitative estimate of drug-likeness (QED) is 0.534. The summed E-state index contributed by atoms with van der Waals surface area (Å²) >= 11 is 6.60. The summed E-state index contributed by atoms with van der Waals surface area (Å²) in [6.45, 7) is 2.00. The number of aliphatic imine (C=N–C) groups is 1. The lowest BCUT2D eigenvalue weighted by molar-refractivity contribution is 0.441. The molecule has 1 heterocycles. The van der Waals surface area contributed by atoms with Crippen molar-refractivity contribution in [1.82, 2.24) is 4.57 Å². The van der Waals surface area contributed by atoms with E-state index in [-0.39, 0.29) is 11.6 Å². The SMILES string of the molecule is Cc1ccc(-n2c(O)c(C=Nc3ccccc3O)sc2=S)cc1. The molecule has 0 aliphatic rings. The third kappa shape index (κ3) is 3.18. The average Bonchev–Trinajstić information content (AvgIpc) is 2.82. The molecule has 0 saturated carbocycles. The van der Waals surface area contributed by atoms with Gasteiger partial charge in [0.05, 0.1) is 11.9 Å². The van der Waals surface area contributed by atoms with E-state index in [1.54, 1.807) is 28.8 Å². The lowest BCUT2D eigenvalue weighted by Gasteiger charge is -2.04. The smallest absolute Gasteiger partial charge is 0.216 e. The normalized spacial score (nSPS) is 11.2. The van der Waals surface area contributed by atoms with Crippen LogP contribution in [0.15, 0.2) is 53.5 Å². The maximum Gasteiger partial charge on any atom is 0.216 e. The summed E-state index contributed by atoms with van der Waals surface area (Å²) < 4.78 is 2.14. The van der Waals surface area contributed by atoms with Crippen LogP contribution >= 0.6 is 23.6 Å². The van der Waals surface area contributed by atoms with Crippen LogP contribution < -0.4 is 0 Å². The number of hydrogen-bond acceptors (Lipinski definition) is 5. The lowest BCUT2D eigenvalue weighted by Crippen LogP contribution is -1.93. The van der Waals surface area contributed by atoms with Crippen LogP contribution in [0.25, 0.3) is 5.69 Å². The fraction of sp³-hybridized carbons (Fsp3) is 0.0588. The van der Waals surface area contributed by atoms with E-state index in [4.69, 9.17) is 12.2 Å². The molecule has 6 heteroatoms. The Morgan fingerprint density at radius 3 is 2.48 bits per heavy atom. The molecule has 4 nitrogen and oxygen atoms in total. The number of phenolic OH excluding ortho intramolecular Hbond substituents is 1. The van der Waals surface area contributed by atoms with Crippen molar-refractivity contribution >= 4 is 35.5 Å². The van der Waals surface area contributed by atoms with Gasteiger partial charge in [-0.15, -0.1) is 0 Å². The van der Waals surface area contributed by atoms with Crippen molar-refractivity contribution in [2.24, 2.45) is 4.99 Å². The van der Waals surface area contributed by atoms with Crippen molar-refractivity contribution < 1.29 is 10.2 Å². The van der Waals surface area contributed by atoms with Gasteiger partial charge in [0.1, 0.15) is 16.3 Å². The van der Waals surface area contributed by atoms with E-state index in [1.165, 1.54) is 17.6 Å². The number of aryl methyl sites for hydroxylation is 1. The first-order valence-corrected chi connectivity index (χ1v) is 8.12. The standard InChI is InChI=1S/C17H14N2O2S2/c1-11-6-8-12(9-7-11)19-16(21)15(23-17(19)22)10-18-13-4-2-3-5-14(13)20/h2-10,20-21H,1H3. The van der Waals surface area contributed by atoms with E-state index in [2.05, 4.69) is 4.99 Å². The minimum absolute atomic E-state index is 0.0445. The molecule has 0 fully saturated rings. The number of hydrogen-bond donors (Lipinski definition) is 2. The molecule has 0 saturated heterocycles. The van der Waals surface area contributed by atoms with Crippen molar-refractivity contribution in [3.8, 4) is 17.3 Å². The molecule has 2 N–H and O–H groups in total. The third-order valence-electron chi connectivity index (χ3n) is 3.31. The van der Waals surface area contributed by atoms with Gasteiger partial charge in [-0.05, 0) is 43.4 Å². The highest BCUT2D eigenvalue weighted by atomic mass is 32.1. The van der Waals surface area contributed by atoms with E-state index in [0.29, 0.717) is 14.5 Å². The highest BCUT2D eigenvalue weighted by molar-refractivity contribution is 7.73. The summed E-state index contributed by atoms with van der Waals surface area (Å²) in [7, 11) is 0. The molecule has 0 unspecified atom stereocenters. The van der Waals surface area contributed by atoms with E-state index in [0.717, 1.165) is 11.3 Å². The topological polar surface area (TPSA) is 57.8 Å². The van der Waals surface area contributed by atoms with Gasteiger partial charge in [0, 0.05) is 0 Å². The predicted octanol–water partition coefficient (Wildman–Crippen LogP) is 4.74. The molecule has 0 aliphatic carbocycles. The fourth-order valence-electron chi connectivity index (χ4n) is 2.09. The largest absolute Gasteiger partial charge is 0.506 e. The molecule has 116 valence electrons. The minimum atomic E-state index is 0.0445. The Morgan fingerprint density at radius 2 is 1.78 bits per heavy atom. The highest BCUT2D eigenvalue weighted by Gasteiger charge is 2.12. The van der Waals surface area contributed by atoms with Gasteiger partial charge < -0.3 is 10.2 Å². The van der Waals surface area contributed by atoms with Crippen molar-refractivity contribution in [2.45, 2.75) is 6.92 Å². The summed E-state index contributed by atoms with van der Waals surface area (Å²) in [5.41, 5.74) is 2.38. The Morgan fingerprint density at radius 1 is 1.09 bits per heavy atom. The average molecular weight is 342 g/mol. The second-order valence-corrected chi connectivity index (χ2v) is 6.65. The Hall–Kier alpha value is -2.44. The number of para-hydroxylation sites is 2. The summed E-state index contributed by atoms with van der Waals surface area (Å²) in [6.07, 6.45) is 1.51. The van der Waals surface area contributed by atoms with E-state index in [9.17, 15) is 10.2 Å². The first kappa shape index (κ1) is 15.5. The van der Waals surface area contributed by atoms with Gasteiger partial charge in [-0.3, -0.25) is 9.56 Å². The van der Waals surface area contributed by atoms with Gasteiger partial charge in [0.25, 0.3) is 0 Å². The van der Waals surface area contributed by atoms with E-state index in [1.807, 2.05) is 31.2 Å². The zero-order valence-corrected chi connectivity index (χ0v) is 13.9. The van der Waals surface area contributed by atoms with Gasteiger partial charge >= 0.3 is 0 Å². The highest BCUT2D eigenvalue weighted by Crippen LogP contribution is 2.30. The van der Waals surface area contributed by atoms with Crippen LogP contribution in [0.4, 0.5) is 5.69 Å². The Bertz CT molecular complexity index is 925. The second kappa shape index (κ2) is 6.36. The number of benzene rings is 2. The number of nitrogens with zero attached hydrogens (tertiary/aromatic N) is 2. The van der Waals surface area contributed by atoms with Crippen LogP contribution in [0.5, 0.6) is 11.6 Å². The van der Waals surface area contributed by atoms with Crippen LogP contribution in [0.2, 0.25) is 0 Å². The lowest BCUT2D eigenvalue weighted by atomic mass is 10.2. The van der Waals surface area contributed by atoms with Crippen molar-refractivity contribution in [1.29, 1.82) is 0 Å². The number of phenols is 1. The van der Waals surface area contributed by atoms with Gasteiger partial charge in [0.15, 0.2) is 3.95 Å². The molecule has 0 amide bonds. The molecular formula is C17H14N2O2S2. The number of rotatable bonds is 3. The molecule has 0 aliphatic heterocycles. The molecule has 0 spiro atoms. The van der Waals surface area contributed by atoms with Crippen LogP contribution in [0.3, 0.4) is 0 Å². The van der Waals surface area contributed by atoms with Crippen LogP contribution in [0, 0.1) is 10.9 Å². The van der Waals surface area contributed by atoms with Gasteiger partial charge in [-0.2, -0.15) is 0 Å². The molecule has 0 radical (unpaired) electrons. The van der Waals surface area contributed by atoms with Crippen molar-refractivity contribution in [2.75, 3.05) is 0 Å². The third-order valence-corrected chi connectivity index (χ3v) is 4.60. The van der Waals surface area contributed by atoms with Gasteiger partial charge in [0.2, 0.25) is 5.88 Å². The molecule has 1 aromatic heterocycles. The Labute approximate surface area is 142 Å². The summed E-state index contributed by atoms with van der Waals surface area (Å²) in [5.74, 6) is 0.132. The maximum atomic E-state index is 10.4. The molecular weight excluding hydrogens is 328 g/mol. The zero-order valence-electron chi connectivity index (χ0n) is 12.3. The van der Waals surface area contributed by atoms with Gasteiger partial charge in [-0.1, -0.05) is 41.2 Å². The second-order valence-electron chi connectivity index (χ2n) is 4.97.